The number of benzene rings is 1. The summed E-state index contributed by atoms with van der Waals surface area (Å²) >= 11 is 0. The molecule has 2 saturated heterocycles. The molecule has 3 heterocycles. The van der Waals surface area contributed by atoms with Crippen LogP contribution in [0.25, 0.3) is 0 Å². The number of anilines is 2. The van der Waals surface area contributed by atoms with Crippen molar-refractivity contribution in [3.8, 4) is 11.5 Å². The number of piperidine rings is 1. The van der Waals surface area contributed by atoms with Gasteiger partial charge in [0.2, 0.25) is 0 Å². The van der Waals surface area contributed by atoms with Gasteiger partial charge in [-0.05, 0) is 63.1 Å². The number of pyridine rings is 1. The number of carbonyl (C=O) groups excluding carboxylic acids is 2. The third-order valence-electron chi connectivity index (χ3n) is 7.82. The number of hydrogen-bond donors (Lipinski definition) is 2. The van der Waals surface area contributed by atoms with Gasteiger partial charge in [0.25, 0.3) is 5.91 Å². The number of halogens is 4. The molecule has 248 valence electrons. The lowest BCUT2D eigenvalue weighted by molar-refractivity contribution is -0.149. The standard InChI is InChI=1S/C27H33FN6O5.3ClH.2H2O/c1-31-14-16-32(17-15-31)19-7-12-33(13-8-19)26(38)30-23-18-22(6-11-29-23)39-21-4-2-20(3-5-21)34(28)24(35)27(9-10-27)25(36)37;;;;;/h2-6,11,18-19H,7-10,12-17H2,1H3,(H,36,37)(H,29,30,38);3*1H;2*1H2. The highest BCUT2D eigenvalue weighted by Crippen LogP contribution is 2.48. The predicted molar refractivity (Wildman–Crippen MR) is 170 cm³/mol. The Hall–Kier alpha value is -2.98. The van der Waals surface area contributed by atoms with E-state index in [9.17, 15) is 24.0 Å². The first-order valence-corrected chi connectivity index (χ1v) is 13.2. The van der Waals surface area contributed by atoms with Crippen molar-refractivity contribution in [1.82, 2.24) is 19.7 Å². The van der Waals surface area contributed by atoms with Crippen LogP contribution in [0.3, 0.4) is 0 Å². The minimum atomic E-state index is -1.66. The average Bonchev–Trinajstić information content (AvgIpc) is 3.76. The van der Waals surface area contributed by atoms with E-state index in [0.717, 1.165) is 39.0 Å². The van der Waals surface area contributed by atoms with Crippen molar-refractivity contribution in [3.63, 3.8) is 0 Å². The van der Waals surface area contributed by atoms with Gasteiger partial charge in [-0.1, -0.05) is 4.48 Å². The Kier molecular flexibility index (Phi) is 16.3. The van der Waals surface area contributed by atoms with E-state index in [1.807, 2.05) is 0 Å². The molecule has 2 aliphatic heterocycles. The van der Waals surface area contributed by atoms with Crippen LogP contribution in [0.4, 0.5) is 20.8 Å². The molecule has 1 aliphatic carbocycles. The number of likely N-dealkylation sites (tertiary alicyclic amines) is 1. The van der Waals surface area contributed by atoms with Crippen molar-refractivity contribution in [2.75, 3.05) is 56.8 Å². The number of amides is 3. The molecule has 0 spiro atoms. The molecule has 0 radical (unpaired) electrons. The Morgan fingerprint density at radius 1 is 0.955 bits per heavy atom. The molecule has 1 saturated carbocycles. The lowest BCUT2D eigenvalue weighted by atomic mass is 10.0. The fourth-order valence-electron chi connectivity index (χ4n) is 5.08. The Bertz CT molecular complexity index is 1230. The summed E-state index contributed by atoms with van der Waals surface area (Å²) in [5, 5.41) is 11.9. The van der Waals surface area contributed by atoms with Gasteiger partial charge in [0.15, 0.2) is 0 Å². The van der Waals surface area contributed by atoms with Crippen molar-refractivity contribution >= 4 is 66.6 Å². The van der Waals surface area contributed by atoms with Gasteiger partial charge >= 0.3 is 12.0 Å². The fraction of sp³-hybridized carbons (Fsp3) is 0.481. The number of aliphatic carboxylic acids is 1. The van der Waals surface area contributed by atoms with Crippen molar-refractivity contribution in [2.45, 2.75) is 31.7 Å². The normalized spacial score (nSPS) is 17.5. The SMILES string of the molecule is CN1CCN(C2CCN(C(=O)Nc3cc(Oc4ccc(N(F)C(=O)C5(C(=O)O)CC5)cc4)ccn3)CC2)CC1.Cl.Cl.Cl.O.O. The molecule has 3 aliphatic rings. The largest absolute Gasteiger partial charge is 0.480 e. The second-order valence-corrected chi connectivity index (χ2v) is 10.4. The highest BCUT2D eigenvalue weighted by molar-refractivity contribution is 6.11. The average molecular weight is 686 g/mol. The summed E-state index contributed by atoms with van der Waals surface area (Å²) in [6, 6.07) is 9.14. The zero-order valence-electron chi connectivity index (χ0n) is 24.1. The molecule has 17 heteroatoms. The quantitative estimate of drug-likeness (QED) is 0.330. The summed E-state index contributed by atoms with van der Waals surface area (Å²) in [6.45, 7) is 5.68. The van der Waals surface area contributed by atoms with E-state index in [4.69, 9.17) is 4.74 Å². The number of aromatic nitrogens is 1. The van der Waals surface area contributed by atoms with Gasteiger partial charge < -0.3 is 30.6 Å². The van der Waals surface area contributed by atoms with E-state index in [-0.39, 0.29) is 77.9 Å². The zero-order valence-corrected chi connectivity index (χ0v) is 26.6. The molecular formula is C27H40Cl3FN6O7. The summed E-state index contributed by atoms with van der Waals surface area (Å²) in [5.41, 5.74) is -1.75. The Morgan fingerprint density at radius 3 is 2.09 bits per heavy atom. The Morgan fingerprint density at radius 2 is 1.55 bits per heavy atom. The van der Waals surface area contributed by atoms with Gasteiger partial charge in [-0.2, -0.15) is 0 Å². The molecule has 6 N–H and O–H groups in total. The van der Waals surface area contributed by atoms with Gasteiger partial charge in [0.05, 0.1) is 5.69 Å². The van der Waals surface area contributed by atoms with Crippen LogP contribution < -0.4 is 15.2 Å². The lowest BCUT2D eigenvalue weighted by Gasteiger charge is -2.42. The maximum atomic E-state index is 14.6. The monoisotopic (exact) mass is 684 g/mol. The molecule has 2 aromatic rings. The number of urea groups is 1. The van der Waals surface area contributed by atoms with E-state index in [1.54, 1.807) is 17.0 Å². The number of carboxylic acids is 1. The van der Waals surface area contributed by atoms with Gasteiger partial charge in [-0.25, -0.2) is 9.78 Å². The van der Waals surface area contributed by atoms with Crippen LogP contribution in [-0.4, -0.2) is 106 Å². The van der Waals surface area contributed by atoms with Gasteiger partial charge in [0, 0.05) is 57.6 Å². The van der Waals surface area contributed by atoms with Crippen LogP contribution >= 0.6 is 37.2 Å². The molecule has 44 heavy (non-hydrogen) atoms. The summed E-state index contributed by atoms with van der Waals surface area (Å²) in [5.74, 6) is -1.27. The molecule has 0 bridgehead atoms. The number of carbonyl (C=O) groups is 3. The van der Waals surface area contributed by atoms with Crippen molar-refractivity contribution < 1.29 is 39.7 Å². The molecule has 1 aromatic carbocycles. The van der Waals surface area contributed by atoms with Crippen molar-refractivity contribution in [3.05, 3.63) is 42.6 Å². The van der Waals surface area contributed by atoms with Crippen LogP contribution in [-0.2, 0) is 9.59 Å². The number of ether oxygens (including phenoxy) is 1. The first kappa shape index (κ1) is 41.0. The number of piperazine rings is 1. The van der Waals surface area contributed by atoms with Crippen LogP contribution in [0, 0.1) is 5.41 Å². The number of rotatable bonds is 7. The Labute approximate surface area is 273 Å². The molecule has 0 atom stereocenters. The highest BCUT2D eigenvalue weighted by Gasteiger charge is 2.59. The zero-order chi connectivity index (χ0) is 27.6. The summed E-state index contributed by atoms with van der Waals surface area (Å²) in [7, 11) is 2.14. The first-order valence-electron chi connectivity index (χ1n) is 13.2. The third kappa shape index (κ3) is 9.27. The maximum Gasteiger partial charge on any atom is 0.323 e. The molecule has 5 rings (SSSR count). The number of hydrogen-bond acceptors (Lipinski definition) is 7. The van der Waals surface area contributed by atoms with E-state index < -0.39 is 17.3 Å². The van der Waals surface area contributed by atoms with E-state index in [1.165, 1.54) is 30.5 Å². The Balaban J connectivity index is 0.00000370. The first-order chi connectivity index (χ1) is 18.7. The molecular weight excluding hydrogens is 646 g/mol. The molecule has 3 fully saturated rings. The fourth-order valence-corrected chi connectivity index (χ4v) is 5.08. The van der Waals surface area contributed by atoms with Crippen molar-refractivity contribution in [2.24, 2.45) is 5.41 Å². The van der Waals surface area contributed by atoms with E-state index in [2.05, 4.69) is 27.1 Å². The van der Waals surface area contributed by atoms with Crippen LogP contribution in [0.5, 0.6) is 11.5 Å². The molecule has 1 aromatic heterocycles. The molecule has 13 nitrogen and oxygen atoms in total. The number of carboxylic acid groups (broad SMARTS) is 1. The number of nitrogens with zero attached hydrogens (tertiary/aromatic N) is 5. The summed E-state index contributed by atoms with van der Waals surface area (Å²) in [6.07, 6.45) is 3.66. The van der Waals surface area contributed by atoms with Crippen LogP contribution in [0.1, 0.15) is 25.7 Å². The number of likely N-dealkylation sites (N-methyl/N-ethyl adjacent to an activating group) is 1. The van der Waals surface area contributed by atoms with Gasteiger partial charge in [-0.15, -0.1) is 42.3 Å². The van der Waals surface area contributed by atoms with Gasteiger partial charge in [-0.3, -0.25) is 19.8 Å². The second kappa shape index (κ2) is 17.5. The molecule has 0 unspecified atom stereocenters. The van der Waals surface area contributed by atoms with Crippen LogP contribution in [0.15, 0.2) is 42.6 Å². The van der Waals surface area contributed by atoms with Crippen molar-refractivity contribution in [1.29, 1.82) is 0 Å². The smallest absolute Gasteiger partial charge is 0.323 e. The van der Waals surface area contributed by atoms with E-state index in [0.29, 0.717) is 36.4 Å². The predicted octanol–water partition coefficient (Wildman–Crippen LogP) is 2.82. The minimum Gasteiger partial charge on any atom is -0.480 e. The van der Waals surface area contributed by atoms with Crippen LogP contribution in [0.2, 0.25) is 0 Å². The number of nitrogens with one attached hydrogen (secondary N) is 1. The maximum absolute atomic E-state index is 14.6. The highest BCUT2D eigenvalue weighted by atomic mass is 35.5. The minimum absolute atomic E-state index is 0. The summed E-state index contributed by atoms with van der Waals surface area (Å²) in [4.78, 5) is 47.3. The molecule has 3 amide bonds. The lowest BCUT2D eigenvalue weighted by Crippen LogP contribution is -2.53. The van der Waals surface area contributed by atoms with E-state index >= 15 is 0 Å². The third-order valence-corrected chi connectivity index (χ3v) is 7.82. The second-order valence-electron chi connectivity index (χ2n) is 10.4. The topological polar surface area (TPSA) is 182 Å². The summed E-state index contributed by atoms with van der Waals surface area (Å²) < 4.78 is 20.4. The van der Waals surface area contributed by atoms with Gasteiger partial charge in [0.1, 0.15) is 22.7 Å².